The number of nitrogens with one attached hydrogen (secondary N) is 1. The minimum atomic E-state index is -0.721. The zero-order valence-electron chi connectivity index (χ0n) is 17.8. The van der Waals surface area contributed by atoms with Crippen molar-refractivity contribution >= 4 is 29.0 Å². The molecule has 0 radical (unpaired) electrons. The third kappa shape index (κ3) is 3.87. The van der Waals surface area contributed by atoms with E-state index in [1.165, 1.54) is 11.8 Å². The molecule has 2 aromatic heterocycles. The molecule has 1 unspecified atom stereocenters. The number of Topliss-reactive ketones (excluding diaryl/α,β-unsaturated/α-hetero) is 1. The fraction of sp³-hybridized carbons (Fsp3) is 0.208. The standard InChI is InChI=1S/C24H21FN4O3/c1-13-11-19-21(23(25)27-13)18-5-4-10-26-22(18)14(2)24(32)29(19)12-20(31)28-17-8-6-16(7-9-17)15(3)30/h4-11,14H,12H2,1-3H3,(H,28,31). The average Bonchev–Trinajstić information content (AvgIpc) is 2.84. The van der Waals surface area contributed by atoms with Crippen molar-refractivity contribution in [3.05, 3.63) is 71.6 Å². The van der Waals surface area contributed by atoms with E-state index in [9.17, 15) is 14.4 Å². The molecular weight excluding hydrogens is 411 g/mol. The van der Waals surface area contributed by atoms with E-state index in [1.807, 2.05) is 0 Å². The SMILES string of the molecule is CC(=O)c1ccc(NC(=O)CN2C(=O)C(C)c3ncccc3-c3c2cc(C)nc3F)cc1. The van der Waals surface area contributed by atoms with Crippen LogP contribution < -0.4 is 10.2 Å². The lowest BCUT2D eigenvalue weighted by atomic mass is 9.98. The number of hydrogen-bond acceptors (Lipinski definition) is 5. The van der Waals surface area contributed by atoms with Gasteiger partial charge in [-0.25, -0.2) is 4.98 Å². The van der Waals surface area contributed by atoms with Gasteiger partial charge in [-0.3, -0.25) is 19.4 Å². The van der Waals surface area contributed by atoms with Gasteiger partial charge in [0.1, 0.15) is 6.54 Å². The van der Waals surface area contributed by atoms with Crippen LogP contribution >= 0.6 is 0 Å². The van der Waals surface area contributed by atoms with E-state index in [1.54, 1.807) is 62.5 Å². The molecule has 1 aliphatic heterocycles. The van der Waals surface area contributed by atoms with E-state index < -0.39 is 17.8 Å². The molecule has 7 nitrogen and oxygen atoms in total. The number of amides is 2. The van der Waals surface area contributed by atoms with E-state index in [0.29, 0.717) is 28.2 Å². The molecule has 0 bridgehead atoms. The number of aromatic nitrogens is 2. The summed E-state index contributed by atoms with van der Waals surface area (Å²) in [6, 6.07) is 11.4. The number of pyridine rings is 2. The largest absolute Gasteiger partial charge is 0.325 e. The zero-order valence-corrected chi connectivity index (χ0v) is 17.8. The van der Waals surface area contributed by atoms with Crippen LogP contribution in [-0.2, 0) is 9.59 Å². The molecular formula is C24H21FN4O3. The van der Waals surface area contributed by atoms with Crippen LogP contribution in [0.3, 0.4) is 0 Å². The number of halogens is 1. The Labute approximate surface area is 184 Å². The molecule has 8 heteroatoms. The second-order valence-electron chi connectivity index (χ2n) is 7.71. The lowest BCUT2D eigenvalue weighted by molar-refractivity contribution is -0.122. The highest BCUT2D eigenvalue weighted by atomic mass is 19.1. The maximum atomic E-state index is 15.0. The Morgan fingerprint density at radius 1 is 1.19 bits per heavy atom. The number of ketones is 1. The number of hydrogen-bond donors (Lipinski definition) is 1. The predicted octanol–water partition coefficient (Wildman–Crippen LogP) is 3.88. The summed E-state index contributed by atoms with van der Waals surface area (Å²) in [5.74, 6) is -2.30. The number of carbonyl (C=O) groups excluding carboxylic acids is 3. The summed E-state index contributed by atoms with van der Waals surface area (Å²) in [5, 5.41) is 2.72. The van der Waals surface area contributed by atoms with Gasteiger partial charge in [-0.1, -0.05) is 6.07 Å². The van der Waals surface area contributed by atoms with Gasteiger partial charge in [0, 0.05) is 28.7 Å². The molecule has 1 aromatic carbocycles. The summed E-state index contributed by atoms with van der Waals surface area (Å²) in [5.41, 5.74) is 2.74. The zero-order chi connectivity index (χ0) is 23.0. The van der Waals surface area contributed by atoms with Crippen LogP contribution in [0.25, 0.3) is 11.1 Å². The molecule has 162 valence electrons. The molecule has 0 saturated carbocycles. The highest BCUT2D eigenvalue weighted by Crippen LogP contribution is 2.41. The molecule has 0 saturated heterocycles. The lowest BCUT2D eigenvalue weighted by Gasteiger charge is -2.24. The summed E-state index contributed by atoms with van der Waals surface area (Å²) in [7, 11) is 0. The van der Waals surface area contributed by atoms with Gasteiger partial charge in [0.2, 0.25) is 17.8 Å². The second kappa shape index (κ2) is 8.30. The molecule has 3 aromatic rings. The van der Waals surface area contributed by atoms with Gasteiger partial charge in [-0.2, -0.15) is 4.39 Å². The molecule has 1 aliphatic rings. The van der Waals surface area contributed by atoms with Gasteiger partial charge in [-0.05, 0) is 57.2 Å². The minimum absolute atomic E-state index is 0.0807. The first-order valence-electron chi connectivity index (χ1n) is 10.1. The summed E-state index contributed by atoms with van der Waals surface area (Å²) in [6.07, 6.45) is 1.55. The number of benzene rings is 1. The fourth-order valence-electron chi connectivity index (χ4n) is 3.82. The molecule has 2 amide bonds. The van der Waals surface area contributed by atoms with Crippen molar-refractivity contribution < 1.29 is 18.8 Å². The van der Waals surface area contributed by atoms with E-state index in [2.05, 4.69) is 15.3 Å². The monoisotopic (exact) mass is 432 g/mol. The van der Waals surface area contributed by atoms with Crippen molar-refractivity contribution in [3.8, 4) is 11.1 Å². The normalized spacial score (nSPS) is 14.9. The van der Waals surface area contributed by atoms with Crippen LogP contribution in [-0.4, -0.2) is 34.1 Å². The Kier molecular flexibility index (Phi) is 5.52. The Balaban J connectivity index is 1.70. The second-order valence-corrected chi connectivity index (χ2v) is 7.71. The first kappa shape index (κ1) is 21.3. The molecule has 32 heavy (non-hydrogen) atoms. The third-order valence-electron chi connectivity index (χ3n) is 5.40. The number of aryl methyl sites for hydroxylation is 1. The molecule has 0 spiro atoms. The van der Waals surface area contributed by atoms with Crippen molar-refractivity contribution in [2.45, 2.75) is 26.7 Å². The van der Waals surface area contributed by atoms with Gasteiger partial charge >= 0.3 is 0 Å². The van der Waals surface area contributed by atoms with Crippen molar-refractivity contribution in [1.82, 2.24) is 9.97 Å². The Morgan fingerprint density at radius 2 is 1.91 bits per heavy atom. The summed E-state index contributed by atoms with van der Waals surface area (Å²) in [4.78, 5) is 47.1. The predicted molar refractivity (Wildman–Crippen MR) is 118 cm³/mol. The van der Waals surface area contributed by atoms with Gasteiger partial charge in [0.05, 0.1) is 22.9 Å². The van der Waals surface area contributed by atoms with Crippen LogP contribution in [0.15, 0.2) is 48.7 Å². The lowest BCUT2D eigenvalue weighted by Crippen LogP contribution is -2.40. The summed E-state index contributed by atoms with van der Waals surface area (Å²) in [6.45, 7) is 4.45. The van der Waals surface area contributed by atoms with Crippen LogP contribution in [0.5, 0.6) is 0 Å². The molecule has 0 fully saturated rings. The van der Waals surface area contributed by atoms with E-state index in [0.717, 1.165) is 0 Å². The summed E-state index contributed by atoms with van der Waals surface area (Å²) < 4.78 is 15.0. The molecule has 1 atom stereocenters. The first-order chi connectivity index (χ1) is 15.3. The fourth-order valence-corrected chi connectivity index (χ4v) is 3.82. The van der Waals surface area contributed by atoms with E-state index in [4.69, 9.17) is 0 Å². The summed E-state index contributed by atoms with van der Waals surface area (Å²) >= 11 is 0. The number of fused-ring (bicyclic) bond motifs is 3. The number of carbonyl (C=O) groups is 3. The Hall–Kier alpha value is -3.94. The Bertz CT molecular complexity index is 1240. The Morgan fingerprint density at radius 3 is 2.59 bits per heavy atom. The smallest absolute Gasteiger partial charge is 0.244 e. The van der Waals surface area contributed by atoms with E-state index in [-0.39, 0.29) is 29.5 Å². The van der Waals surface area contributed by atoms with Crippen LogP contribution in [0, 0.1) is 12.9 Å². The van der Waals surface area contributed by atoms with Crippen molar-refractivity contribution in [1.29, 1.82) is 0 Å². The van der Waals surface area contributed by atoms with Crippen molar-refractivity contribution in [3.63, 3.8) is 0 Å². The highest BCUT2D eigenvalue weighted by molar-refractivity contribution is 6.09. The molecule has 1 N–H and O–H groups in total. The van der Waals surface area contributed by atoms with Crippen LogP contribution in [0.1, 0.15) is 41.5 Å². The molecule has 4 rings (SSSR count). The van der Waals surface area contributed by atoms with Gasteiger partial charge in [0.25, 0.3) is 0 Å². The number of rotatable bonds is 4. The van der Waals surface area contributed by atoms with Crippen LogP contribution in [0.4, 0.5) is 15.8 Å². The van der Waals surface area contributed by atoms with Gasteiger partial charge < -0.3 is 10.2 Å². The average molecular weight is 432 g/mol. The third-order valence-corrected chi connectivity index (χ3v) is 5.40. The topological polar surface area (TPSA) is 92.3 Å². The van der Waals surface area contributed by atoms with Gasteiger partial charge in [-0.15, -0.1) is 0 Å². The first-order valence-corrected chi connectivity index (χ1v) is 10.1. The number of nitrogens with zero attached hydrogens (tertiary/aromatic N) is 3. The minimum Gasteiger partial charge on any atom is -0.325 e. The van der Waals surface area contributed by atoms with Crippen molar-refractivity contribution in [2.24, 2.45) is 0 Å². The quantitative estimate of drug-likeness (QED) is 0.499. The van der Waals surface area contributed by atoms with Crippen LogP contribution in [0.2, 0.25) is 0 Å². The van der Waals surface area contributed by atoms with E-state index >= 15 is 4.39 Å². The van der Waals surface area contributed by atoms with Crippen molar-refractivity contribution in [2.75, 3.05) is 16.8 Å². The highest BCUT2D eigenvalue weighted by Gasteiger charge is 2.35. The molecule has 3 heterocycles. The van der Waals surface area contributed by atoms with Gasteiger partial charge in [0.15, 0.2) is 5.78 Å². The number of anilines is 2. The maximum absolute atomic E-state index is 15.0. The molecule has 0 aliphatic carbocycles. The maximum Gasteiger partial charge on any atom is 0.244 e.